The molecule has 0 N–H and O–H groups in total. The van der Waals surface area contributed by atoms with Gasteiger partial charge in [0, 0.05) is 47.3 Å². The minimum absolute atomic E-state index is 0. The monoisotopic (exact) mass is 360 g/mol. The van der Waals surface area contributed by atoms with Gasteiger partial charge < -0.3 is 19.4 Å². The van der Waals surface area contributed by atoms with Crippen molar-refractivity contribution in [2.75, 3.05) is 6.54 Å². The predicted octanol–water partition coefficient (Wildman–Crippen LogP) is 2.64. The van der Waals surface area contributed by atoms with Crippen molar-refractivity contribution >= 4 is 35.6 Å². The van der Waals surface area contributed by atoms with Crippen LogP contribution in [0, 0.1) is 0 Å². The molecule has 1 aromatic carbocycles. The highest BCUT2D eigenvalue weighted by Gasteiger charge is 2.40. The van der Waals surface area contributed by atoms with Crippen molar-refractivity contribution in [3.63, 3.8) is 0 Å². The Morgan fingerprint density at radius 2 is 1.92 bits per heavy atom. The zero-order valence-corrected chi connectivity index (χ0v) is 15.1. The van der Waals surface area contributed by atoms with Crippen LogP contribution < -0.4 is 5.11 Å². The number of nitrogens with zero attached hydrogens (tertiary/aromatic N) is 3. The summed E-state index contributed by atoms with van der Waals surface area (Å²) in [5.41, 5.74) is 1.30. The number of aromatic nitrogens is 1. The Bertz CT molecular complexity index is 787. The van der Waals surface area contributed by atoms with Gasteiger partial charge in [-0.25, -0.2) is 0 Å². The number of halogens is 1. The van der Waals surface area contributed by atoms with Crippen LogP contribution in [0.25, 0.3) is 10.9 Å². The molecule has 4 rings (SSSR count). The van der Waals surface area contributed by atoms with Crippen LogP contribution in [0.5, 0.6) is 0 Å². The molecule has 2 bridgehead atoms. The molecule has 1 aromatic heterocycles. The van der Waals surface area contributed by atoms with Gasteiger partial charge in [-0.3, -0.25) is 4.99 Å². The van der Waals surface area contributed by atoms with Crippen molar-refractivity contribution in [2.24, 2.45) is 4.99 Å². The summed E-state index contributed by atoms with van der Waals surface area (Å²) in [4.78, 5) is 18.3. The molecular weight excluding hydrogens is 338 g/mol. The lowest BCUT2D eigenvalue weighted by molar-refractivity contribution is -0.254. The summed E-state index contributed by atoms with van der Waals surface area (Å²) in [6.45, 7) is 2.87. The lowest BCUT2D eigenvalue weighted by Gasteiger charge is -2.38. The topological polar surface area (TPSA) is 60.7 Å². The molecule has 0 spiro atoms. The first kappa shape index (κ1) is 17.8. The summed E-state index contributed by atoms with van der Waals surface area (Å²) in [6.07, 6.45) is 8.28. The Balaban J connectivity index is 0.00000182. The molecule has 5 nitrogen and oxygen atoms in total. The summed E-state index contributed by atoms with van der Waals surface area (Å²) in [7, 11) is 0. The maximum absolute atomic E-state index is 11.5. The van der Waals surface area contributed by atoms with E-state index in [1.54, 1.807) is 6.20 Å². The van der Waals surface area contributed by atoms with Crippen LogP contribution in [-0.4, -0.2) is 40.4 Å². The van der Waals surface area contributed by atoms with Gasteiger partial charge in [0.25, 0.3) is 0 Å². The van der Waals surface area contributed by atoms with Gasteiger partial charge in [-0.05, 0) is 38.7 Å². The third kappa shape index (κ3) is 3.01. The van der Waals surface area contributed by atoms with Gasteiger partial charge in [-0.2, -0.15) is 0 Å². The maximum Gasteiger partial charge on any atom is 0.0854 e. The third-order valence-corrected chi connectivity index (χ3v) is 5.52. The smallest absolute Gasteiger partial charge is 0.0854 e. The van der Waals surface area contributed by atoms with E-state index in [-0.39, 0.29) is 12.4 Å². The van der Waals surface area contributed by atoms with Crippen molar-refractivity contribution in [1.29, 1.82) is 0 Å². The lowest BCUT2D eigenvalue weighted by Crippen LogP contribution is -2.42. The molecule has 25 heavy (non-hydrogen) atoms. The van der Waals surface area contributed by atoms with Gasteiger partial charge in [-0.15, -0.1) is 12.4 Å². The van der Waals surface area contributed by atoms with Gasteiger partial charge in [-0.1, -0.05) is 18.2 Å². The van der Waals surface area contributed by atoms with Crippen molar-refractivity contribution in [3.05, 3.63) is 36.0 Å². The van der Waals surface area contributed by atoms with E-state index >= 15 is 0 Å². The maximum atomic E-state index is 11.5. The van der Waals surface area contributed by atoms with E-state index in [1.807, 2.05) is 30.6 Å². The van der Waals surface area contributed by atoms with E-state index in [4.69, 9.17) is 0 Å². The summed E-state index contributed by atoms with van der Waals surface area (Å²) >= 11 is 0. The fourth-order valence-corrected chi connectivity index (χ4v) is 4.45. The molecule has 0 amide bonds. The van der Waals surface area contributed by atoms with Crippen LogP contribution in [0.15, 0.2) is 35.5 Å². The molecule has 6 heteroatoms. The Morgan fingerprint density at radius 3 is 2.56 bits per heavy atom. The number of benzene rings is 1. The highest BCUT2D eigenvalue weighted by atomic mass is 35.5. The van der Waals surface area contributed by atoms with E-state index in [0.29, 0.717) is 23.7 Å². The van der Waals surface area contributed by atoms with Crippen LogP contribution >= 0.6 is 12.4 Å². The molecule has 134 valence electrons. The standard InChI is InChI=1S/C19H23N3O2.ClH/c1-2-20-12-22-13-7-8-14(22)10-15(9-13)21-11-17(19(23)24)16-5-3-4-6-18(16)21;/h3-6,11-15H,2,7-10H2,1H3,(H,23,24);1H/p-1. The fourth-order valence-electron chi connectivity index (χ4n) is 4.45. The van der Waals surface area contributed by atoms with E-state index in [9.17, 15) is 9.90 Å². The second-order valence-electron chi connectivity index (χ2n) is 6.83. The molecule has 0 saturated carbocycles. The Kier molecular flexibility index (Phi) is 5.04. The van der Waals surface area contributed by atoms with Gasteiger partial charge in [0.2, 0.25) is 0 Å². The zero-order valence-electron chi connectivity index (χ0n) is 14.3. The minimum atomic E-state index is -1.10. The molecule has 0 aliphatic carbocycles. The largest absolute Gasteiger partial charge is 0.545 e. The molecular formula is C19H23ClN3O2-. The van der Waals surface area contributed by atoms with E-state index < -0.39 is 5.97 Å². The first-order valence-corrected chi connectivity index (χ1v) is 8.77. The molecule has 2 aromatic rings. The number of hydrogen-bond donors (Lipinski definition) is 0. The number of carboxylic acids is 1. The molecule has 3 heterocycles. The number of fused-ring (bicyclic) bond motifs is 3. The van der Waals surface area contributed by atoms with Crippen molar-refractivity contribution in [1.82, 2.24) is 9.47 Å². The van der Waals surface area contributed by atoms with Crippen molar-refractivity contribution in [2.45, 2.75) is 50.7 Å². The van der Waals surface area contributed by atoms with Gasteiger partial charge >= 0.3 is 0 Å². The average molecular weight is 361 g/mol. The van der Waals surface area contributed by atoms with Crippen molar-refractivity contribution in [3.8, 4) is 0 Å². The summed E-state index contributed by atoms with van der Waals surface area (Å²) in [6, 6.07) is 9.09. The Hall–Kier alpha value is -2.01. The Labute approximate surface area is 153 Å². The normalized spacial score (nSPS) is 25.5. The van der Waals surface area contributed by atoms with Crippen LogP contribution in [0.2, 0.25) is 0 Å². The first-order chi connectivity index (χ1) is 11.7. The average Bonchev–Trinajstić information content (AvgIpc) is 3.08. The fraction of sp³-hybridized carbons (Fsp3) is 0.474. The van der Waals surface area contributed by atoms with E-state index in [0.717, 1.165) is 30.3 Å². The lowest BCUT2D eigenvalue weighted by atomic mass is 9.97. The summed E-state index contributed by atoms with van der Waals surface area (Å²) in [5.74, 6) is -1.10. The molecule has 2 aliphatic heterocycles. The number of hydrogen-bond acceptors (Lipinski definition) is 3. The second kappa shape index (κ2) is 7.08. The quantitative estimate of drug-likeness (QED) is 0.622. The van der Waals surface area contributed by atoms with Crippen LogP contribution in [0.3, 0.4) is 0 Å². The zero-order chi connectivity index (χ0) is 16.7. The molecule has 2 saturated heterocycles. The molecule has 0 radical (unpaired) electrons. The SMILES string of the molecule is CCN=CN1C2CCC1CC(n1cc(C(=O)[O-])c3ccccc31)C2.Cl. The number of aliphatic imine (C=N–C) groups is 1. The number of carbonyl (C=O) groups is 1. The first-order valence-electron chi connectivity index (χ1n) is 8.77. The highest BCUT2D eigenvalue weighted by Crippen LogP contribution is 2.41. The van der Waals surface area contributed by atoms with Crippen LogP contribution in [-0.2, 0) is 0 Å². The van der Waals surface area contributed by atoms with E-state index in [1.165, 1.54) is 12.8 Å². The van der Waals surface area contributed by atoms with E-state index in [2.05, 4.69) is 21.4 Å². The van der Waals surface area contributed by atoms with Gasteiger partial charge in [0.15, 0.2) is 0 Å². The predicted molar refractivity (Wildman–Crippen MR) is 99.5 cm³/mol. The molecule has 2 unspecified atom stereocenters. The summed E-state index contributed by atoms with van der Waals surface area (Å²) in [5, 5.41) is 12.2. The number of carboxylic acid groups (broad SMARTS) is 1. The number of rotatable bonds is 4. The summed E-state index contributed by atoms with van der Waals surface area (Å²) < 4.78 is 2.17. The van der Waals surface area contributed by atoms with Crippen molar-refractivity contribution < 1.29 is 9.90 Å². The van der Waals surface area contributed by atoms with Gasteiger partial charge in [0.1, 0.15) is 0 Å². The number of piperidine rings is 1. The number of aromatic carboxylic acids is 1. The van der Waals surface area contributed by atoms with Crippen LogP contribution in [0.4, 0.5) is 0 Å². The Morgan fingerprint density at radius 1 is 1.24 bits per heavy atom. The second-order valence-corrected chi connectivity index (χ2v) is 6.83. The minimum Gasteiger partial charge on any atom is -0.545 e. The van der Waals surface area contributed by atoms with Crippen LogP contribution in [0.1, 0.15) is 49.0 Å². The highest BCUT2D eigenvalue weighted by molar-refractivity contribution is 6.02. The molecule has 2 fully saturated rings. The number of para-hydroxylation sites is 1. The molecule has 2 aliphatic rings. The number of carbonyl (C=O) groups excluding carboxylic acids is 1. The third-order valence-electron chi connectivity index (χ3n) is 5.52. The van der Waals surface area contributed by atoms with Gasteiger partial charge in [0.05, 0.1) is 12.3 Å². The molecule has 2 atom stereocenters.